The first-order valence-electron chi connectivity index (χ1n) is 5.65. The lowest BCUT2D eigenvalue weighted by atomic mass is 9.82. The lowest BCUT2D eigenvalue weighted by molar-refractivity contribution is 0.0933. The van der Waals surface area contributed by atoms with E-state index in [4.69, 9.17) is 5.73 Å². The molecule has 0 spiro atoms. The highest BCUT2D eigenvalue weighted by atomic mass is 35.5. The van der Waals surface area contributed by atoms with E-state index >= 15 is 0 Å². The van der Waals surface area contributed by atoms with Crippen molar-refractivity contribution in [3.8, 4) is 0 Å². The van der Waals surface area contributed by atoms with Gasteiger partial charge in [0.05, 0.1) is 5.51 Å². The summed E-state index contributed by atoms with van der Waals surface area (Å²) < 4.78 is 0. The second-order valence-corrected chi connectivity index (χ2v) is 5.20. The average molecular weight is 312 g/mol. The first-order chi connectivity index (χ1) is 7.70. The van der Waals surface area contributed by atoms with E-state index in [-0.39, 0.29) is 36.3 Å². The number of nitrogens with one attached hydrogen (secondary N) is 1. The summed E-state index contributed by atoms with van der Waals surface area (Å²) in [6.07, 6.45) is 5.61. The van der Waals surface area contributed by atoms with Gasteiger partial charge in [-0.1, -0.05) is 19.3 Å². The summed E-state index contributed by atoms with van der Waals surface area (Å²) in [4.78, 5) is 15.6. The van der Waals surface area contributed by atoms with E-state index in [0.717, 1.165) is 12.8 Å². The molecular formula is C11H19Cl2N3OS. The molecule has 18 heavy (non-hydrogen) atoms. The van der Waals surface area contributed by atoms with E-state index in [1.54, 1.807) is 10.9 Å². The summed E-state index contributed by atoms with van der Waals surface area (Å²) in [7, 11) is 0. The molecule has 1 heterocycles. The molecule has 1 fully saturated rings. The number of hydrogen-bond acceptors (Lipinski definition) is 4. The maximum Gasteiger partial charge on any atom is 0.270 e. The van der Waals surface area contributed by atoms with E-state index in [1.165, 1.54) is 30.6 Å². The first-order valence-corrected chi connectivity index (χ1v) is 6.59. The molecule has 1 saturated carbocycles. The maximum absolute atomic E-state index is 11.7. The van der Waals surface area contributed by atoms with Crippen LogP contribution in [0.2, 0.25) is 0 Å². The fraction of sp³-hybridized carbons (Fsp3) is 0.636. The van der Waals surface area contributed by atoms with Crippen LogP contribution < -0.4 is 11.1 Å². The summed E-state index contributed by atoms with van der Waals surface area (Å²) >= 11 is 1.43. The summed E-state index contributed by atoms with van der Waals surface area (Å²) in [5.74, 6) is -0.114. The van der Waals surface area contributed by atoms with Crippen molar-refractivity contribution >= 4 is 42.1 Å². The molecule has 0 atom stereocenters. The minimum Gasteiger partial charge on any atom is -0.349 e. The number of amides is 1. The highest BCUT2D eigenvalue weighted by molar-refractivity contribution is 7.07. The van der Waals surface area contributed by atoms with Crippen molar-refractivity contribution in [2.45, 2.75) is 37.6 Å². The first kappa shape index (κ1) is 17.6. The van der Waals surface area contributed by atoms with E-state index in [1.807, 2.05) is 0 Å². The third-order valence-electron chi connectivity index (χ3n) is 3.12. The number of nitrogens with zero attached hydrogens (tertiary/aromatic N) is 1. The molecule has 4 nitrogen and oxygen atoms in total. The molecule has 7 heteroatoms. The summed E-state index contributed by atoms with van der Waals surface area (Å²) in [6.45, 7) is 0.559. The maximum atomic E-state index is 11.7. The largest absolute Gasteiger partial charge is 0.349 e. The molecule has 3 N–H and O–H groups in total. The Kier molecular flexibility index (Phi) is 7.78. The van der Waals surface area contributed by atoms with Crippen LogP contribution in [0, 0.1) is 0 Å². The topological polar surface area (TPSA) is 68.0 Å². The van der Waals surface area contributed by atoms with Crippen LogP contribution in [0.3, 0.4) is 0 Å². The number of rotatable bonds is 3. The third kappa shape index (κ3) is 4.72. The summed E-state index contributed by atoms with van der Waals surface area (Å²) in [5, 5.41) is 4.62. The van der Waals surface area contributed by atoms with Gasteiger partial charge in [-0.15, -0.1) is 36.2 Å². The molecule has 0 aliphatic heterocycles. The van der Waals surface area contributed by atoms with Crippen molar-refractivity contribution in [1.82, 2.24) is 10.3 Å². The molecule has 0 radical (unpaired) electrons. The van der Waals surface area contributed by atoms with Gasteiger partial charge in [0.2, 0.25) is 0 Å². The molecule has 1 aromatic heterocycles. The Morgan fingerprint density at radius 1 is 1.39 bits per heavy atom. The normalized spacial score (nSPS) is 17.2. The molecule has 0 aromatic carbocycles. The Morgan fingerprint density at radius 2 is 2.06 bits per heavy atom. The van der Waals surface area contributed by atoms with E-state index in [2.05, 4.69) is 10.3 Å². The third-order valence-corrected chi connectivity index (χ3v) is 3.70. The van der Waals surface area contributed by atoms with Crippen LogP contribution in [0.1, 0.15) is 42.6 Å². The molecule has 1 amide bonds. The second-order valence-electron chi connectivity index (χ2n) is 4.48. The van der Waals surface area contributed by atoms with Crippen LogP contribution in [0.25, 0.3) is 0 Å². The molecule has 1 aromatic rings. The van der Waals surface area contributed by atoms with Crippen molar-refractivity contribution in [3.05, 3.63) is 16.6 Å². The zero-order valence-corrected chi connectivity index (χ0v) is 12.5. The van der Waals surface area contributed by atoms with E-state index in [0.29, 0.717) is 12.2 Å². The van der Waals surface area contributed by atoms with E-state index in [9.17, 15) is 4.79 Å². The SMILES string of the molecule is Cl.Cl.NC1(CNC(=O)c2cscn2)CCCCC1. The van der Waals surface area contributed by atoms with Crippen molar-refractivity contribution < 1.29 is 4.79 Å². The number of thiazole rings is 1. The number of nitrogens with two attached hydrogens (primary N) is 1. The van der Waals surface area contributed by atoms with Gasteiger partial charge >= 0.3 is 0 Å². The molecule has 0 bridgehead atoms. The molecule has 0 unspecified atom stereocenters. The monoisotopic (exact) mass is 311 g/mol. The number of halogens is 2. The van der Waals surface area contributed by atoms with E-state index < -0.39 is 0 Å². The smallest absolute Gasteiger partial charge is 0.270 e. The van der Waals surface area contributed by atoms with Gasteiger partial charge < -0.3 is 11.1 Å². The van der Waals surface area contributed by atoms with Crippen molar-refractivity contribution in [2.75, 3.05) is 6.54 Å². The van der Waals surface area contributed by atoms with Gasteiger partial charge in [0.15, 0.2) is 0 Å². The quantitative estimate of drug-likeness (QED) is 0.900. The van der Waals surface area contributed by atoms with Gasteiger partial charge in [-0.2, -0.15) is 0 Å². The number of carbonyl (C=O) groups is 1. The molecule has 1 aliphatic rings. The van der Waals surface area contributed by atoms with Crippen LogP contribution >= 0.6 is 36.2 Å². The fourth-order valence-electron chi connectivity index (χ4n) is 2.10. The minimum absolute atomic E-state index is 0. The molecule has 0 saturated heterocycles. The van der Waals surface area contributed by atoms with Crippen LogP contribution in [0.15, 0.2) is 10.9 Å². The Labute approximate surface area is 124 Å². The van der Waals surface area contributed by atoms with Crippen LogP contribution in [0.4, 0.5) is 0 Å². The fourth-order valence-corrected chi connectivity index (χ4v) is 2.64. The van der Waals surface area contributed by atoms with Gasteiger partial charge in [-0.25, -0.2) is 4.98 Å². The van der Waals surface area contributed by atoms with Crippen LogP contribution in [-0.4, -0.2) is 23.0 Å². The Morgan fingerprint density at radius 3 is 2.61 bits per heavy atom. The number of hydrogen-bond donors (Lipinski definition) is 2. The molecule has 104 valence electrons. The van der Waals surface area contributed by atoms with Gasteiger partial charge in [0.25, 0.3) is 5.91 Å². The van der Waals surface area contributed by atoms with Crippen molar-refractivity contribution in [2.24, 2.45) is 5.73 Å². The molecular weight excluding hydrogens is 293 g/mol. The summed E-state index contributed by atoms with van der Waals surface area (Å²) in [5.41, 5.74) is 8.17. The Hall–Kier alpha value is -0.360. The number of carbonyl (C=O) groups excluding carboxylic acids is 1. The molecule has 2 rings (SSSR count). The predicted octanol–water partition coefficient (Wildman–Crippen LogP) is 2.38. The molecule has 1 aliphatic carbocycles. The van der Waals surface area contributed by atoms with Crippen molar-refractivity contribution in [1.29, 1.82) is 0 Å². The minimum atomic E-state index is -0.204. The highest BCUT2D eigenvalue weighted by Crippen LogP contribution is 2.25. The highest BCUT2D eigenvalue weighted by Gasteiger charge is 2.27. The van der Waals surface area contributed by atoms with Gasteiger partial charge in [0.1, 0.15) is 5.69 Å². The second kappa shape index (κ2) is 7.94. The van der Waals surface area contributed by atoms with Crippen LogP contribution in [0.5, 0.6) is 0 Å². The number of aromatic nitrogens is 1. The van der Waals surface area contributed by atoms with Crippen LogP contribution in [-0.2, 0) is 0 Å². The zero-order valence-electron chi connectivity index (χ0n) is 10.1. The van der Waals surface area contributed by atoms with Gasteiger partial charge in [-0.3, -0.25) is 4.79 Å². The Bertz CT molecular complexity index is 353. The Balaban J connectivity index is 0.00000144. The summed E-state index contributed by atoms with van der Waals surface area (Å²) in [6, 6.07) is 0. The lowest BCUT2D eigenvalue weighted by Crippen LogP contribution is -2.51. The van der Waals surface area contributed by atoms with Crippen molar-refractivity contribution in [3.63, 3.8) is 0 Å². The standard InChI is InChI=1S/C11H17N3OS.2ClH/c12-11(4-2-1-3-5-11)7-13-10(15)9-6-16-8-14-9;;/h6,8H,1-5,7,12H2,(H,13,15);2*1H. The average Bonchev–Trinajstić information content (AvgIpc) is 2.80. The van der Waals surface area contributed by atoms with Gasteiger partial charge in [-0.05, 0) is 12.8 Å². The predicted molar refractivity (Wildman–Crippen MR) is 78.9 cm³/mol. The lowest BCUT2D eigenvalue weighted by Gasteiger charge is -2.33. The van der Waals surface area contributed by atoms with Gasteiger partial charge in [0, 0.05) is 17.5 Å². The zero-order chi connectivity index (χ0) is 11.4.